The fourth-order valence-electron chi connectivity index (χ4n) is 3.40. The van der Waals surface area contributed by atoms with Crippen molar-refractivity contribution in [1.29, 1.82) is 0 Å². The van der Waals surface area contributed by atoms with Gasteiger partial charge in [-0.05, 0) is 49.3 Å². The highest BCUT2D eigenvalue weighted by Gasteiger charge is 2.36. The van der Waals surface area contributed by atoms with E-state index in [4.69, 9.17) is 42.1 Å². The average Bonchev–Trinajstić information content (AvgIpc) is 2.66. The molecule has 0 aliphatic carbocycles. The van der Waals surface area contributed by atoms with Crippen LogP contribution in [-0.4, -0.2) is 58.6 Å². The molecule has 0 amide bonds. The van der Waals surface area contributed by atoms with Crippen LogP contribution in [0.3, 0.4) is 0 Å². The number of benzene rings is 2. The summed E-state index contributed by atoms with van der Waals surface area (Å²) < 4.78 is 0. The largest absolute Gasteiger partial charge is 0.370 e. The smallest absolute Gasteiger partial charge is 0.291 e. The molecule has 0 spiro atoms. The van der Waals surface area contributed by atoms with Gasteiger partial charge in [-0.15, -0.1) is 20.2 Å². The summed E-state index contributed by atoms with van der Waals surface area (Å²) in [5.41, 5.74) is 12.6. The number of rotatable bonds is 7. The number of nitrogens with two attached hydrogens (primary N) is 2. The Morgan fingerprint density at radius 3 is 2.03 bits per heavy atom. The minimum absolute atomic E-state index is 0.102. The Morgan fingerprint density at radius 1 is 1.06 bits per heavy atom. The van der Waals surface area contributed by atoms with E-state index in [-0.39, 0.29) is 11.4 Å². The van der Waals surface area contributed by atoms with Crippen LogP contribution in [0.5, 0.6) is 0 Å². The van der Waals surface area contributed by atoms with Crippen LogP contribution in [-0.2, 0) is 5.41 Å². The first kappa shape index (κ1) is 28.3. The molecule has 0 fully saturated rings. The summed E-state index contributed by atoms with van der Waals surface area (Å²) in [4.78, 5) is 23.4. The van der Waals surface area contributed by atoms with Crippen LogP contribution in [0, 0.1) is 26.1 Å². The first-order valence-electron chi connectivity index (χ1n) is 9.68. The lowest BCUT2D eigenvalue weighted by atomic mass is 9.68. The average molecular weight is 453 g/mol. The Morgan fingerprint density at radius 2 is 1.56 bits per heavy atom. The Balaban J connectivity index is 0.00000104. The maximum Gasteiger partial charge on any atom is 0.291 e. The molecule has 32 heavy (non-hydrogen) atoms. The van der Waals surface area contributed by atoms with Crippen LogP contribution in [0.2, 0.25) is 0 Å². The van der Waals surface area contributed by atoms with Gasteiger partial charge in [0.2, 0.25) is 0 Å². The summed E-state index contributed by atoms with van der Waals surface area (Å²) in [6.07, 6.45) is 1.00. The van der Waals surface area contributed by atoms with Gasteiger partial charge >= 0.3 is 0 Å². The second-order valence-corrected chi connectivity index (χ2v) is 7.61. The standard InChI is InChI=1S/C20H30N4.2HNO3/c1-15(2)20(12-13-24(3)4,14-23-19(21)22)18-11-7-9-16-8-5-6-10-17(16)18;2*2-1(3)4/h5-11,15H,12-14H2,1-4H3,(H4,21,22,23);2*(H,2,3,4). The summed E-state index contributed by atoms with van der Waals surface area (Å²) in [5, 5.41) is 29.8. The Labute approximate surface area is 186 Å². The molecule has 2 aromatic rings. The summed E-state index contributed by atoms with van der Waals surface area (Å²) in [6.45, 7) is 6.12. The van der Waals surface area contributed by atoms with Crippen molar-refractivity contribution in [3.05, 3.63) is 68.3 Å². The summed E-state index contributed by atoms with van der Waals surface area (Å²) in [6, 6.07) is 15.1. The van der Waals surface area contributed by atoms with E-state index in [2.05, 4.69) is 80.3 Å². The molecular weight excluding hydrogens is 420 g/mol. The third-order valence-corrected chi connectivity index (χ3v) is 4.98. The minimum Gasteiger partial charge on any atom is -0.370 e. The first-order chi connectivity index (χ1) is 14.8. The molecule has 0 radical (unpaired) electrons. The van der Waals surface area contributed by atoms with Crippen LogP contribution >= 0.6 is 0 Å². The molecule has 0 saturated carbocycles. The van der Waals surface area contributed by atoms with Crippen LogP contribution in [0.15, 0.2) is 47.5 Å². The van der Waals surface area contributed by atoms with Gasteiger partial charge in [0.1, 0.15) is 0 Å². The van der Waals surface area contributed by atoms with Crippen molar-refractivity contribution in [2.75, 3.05) is 27.2 Å². The lowest BCUT2D eigenvalue weighted by Gasteiger charge is -2.39. The highest BCUT2D eigenvalue weighted by Crippen LogP contribution is 2.40. The van der Waals surface area contributed by atoms with Crippen molar-refractivity contribution in [2.45, 2.75) is 25.7 Å². The number of hydrogen-bond donors (Lipinski definition) is 4. The molecule has 0 bridgehead atoms. The predicted molar refractivity (Wildman–Crippen MR) is 122 cm³/mol. The molecule has 6 N–H and O–H groups in total. The van der Waals surface area contributed by atoms with Crippen LogP contribution in [0.4, 0.5) is 0 Å². The number of aliphatic imine (C=N–C) groups is 1. The fourth-order valence-corrected chi connectivity index (χ4v) is 3.40. The highest BCUT2D eigenvalue weighted by molar-refractivity contribution is 5.87. The van der Waals surface area contributed by atoms with Crippen molar-refractivity contribution < 1.29 is 20.6 Å². The van der Waals surface area contributed by atoms with Gasteiger partial charge in [0.05, 0.1) is 6.54 Å². The van der Waals surface area contributed by atoms with Gasteiger partial charge in [-0.2, -0.15) is 0 Å². The zero-order chi connectivity index (χ0) is 24.9. The normalized spacial score (nSPS) is 12.1. The second kappa shape index (κ2) is 13.6. The molecule has 178 valence electrons. The second-order valence-electron chi connectivity index (χ2n) is 7.61. The van der Waals surface area contributed by atoms with E-state index in [1.165, 1.54) is 16.3 Å². The molecule has 1 atom stereocenters. The maximum atomic E-state index is 8.36. The van der Waals surface area contributed by atoms with E-state index in [1.807, 2.05) is 0 Å². The predicted octanol–water partition coefficient (Wildman–Crippen LogP) is 2.26. The van der Waals surface area contributed by atoms with Crippen molar-refractivity contribution >= 4 is 16.7 Å². The van der Waals surface area contributed by atoms with Gasteiger partial charge in [0.15, 0.2) is 5.96 Å². The van der Waals surface area contributed by atoms with Gasteiger partial charge < -0.3 is 26.8 Å². The first-order valence-corrected chi connectivity index (χ1v) is 9.68. The van der Waals surface area contributed by atoms with Gasteiger partial charge in [-0.3, -0.25) is 4.99 Å². The molecule has 2 aromatic carbocycles. The zero-order valence-corrected chi connectivity index (χ0v) is 18.7. The Bertz CT molecular complexity index is 876. The van der Waals surface area contributed by atoms with E-state index in [1.54, 1.807) is 0 Å². The number of fused-ring (bicyclic) bond motifs is 1. The van der Waals surface area contributed by atoms with Crippen molar-refractivity contribution in [1.82, 2.24) is 4.90 Å². The van der Waals surface area contributed by atoms with E-state index in [9.17, 15) is 0 Å². The van der Waals surface area contributed by atoms with E-state index in [0.29, 0.717) is 12.5 Å². The third-order valence-electron chi connectivity index (χ3n) is 4.98. The zero-order valence-electron chi connectivity index (χ0n) is 18.7. The monoisotopic (exact) mass is 452 g/mol. The highest BCUT2D eigenvalue weighted by atomic mass is 16.9. The van der Waals surface area contributed by atoms with Crippen molar-refractivity contribution in [3.8, 4) is 0 Å². The van der Waals surface area contributed by atoms with E-state index < -0.39 is 10.2 Å². The van der Waals surface area contributed by atoms with Gasteiger partial charge in [0, 0.05) is 5.41 Å². The molecule has 1 unspecified atom stereocenters. The van der Waals surface area contributed by atoms with Gasteiger partial charge in [-0.25, -0.2) is 0 Å². The Hall–Kier alpha value is -3.67. The summed E-state index contributed by atoms with van der Waals surface area (Å²) in [7, 11) is 4.21. The fraction of sp³-hybridized carbons (Fsp3) is 0.450. The quantitative estimate of drug-likeness (QED) is 0.211. The van der Waals surface area contributed by atoms with Crippen LogP contribution < -0.4 is 11.5 Å². The van der Waals surface area contributed by atoms with Gasteiger partial charge in [-0.1, -0.05) is 56.3 Å². The van der Waals surface area contributed by atoms with Crippen molar-refractivity contribution in [2.24, 2.45) is 22.4 Å². The van der Waals surface area contributed by atoms with Crippen LogP contribution in [0.25, 0.3) is 10.8 Å². The molecular formula is C20H32N6O6. The molecule has 0 heterocycles. The molecule has 12 heteroatoms. The van der Waals surface area contributed by atoms with Gasteiger partial charge in [0.25, 0.3) is 10.2 Å². The molecule has 0 aliphatic rings. The summed E-state index contributed by atoms with van der Waals surface area (Å²) in [5.74, 6) is 0.566. The maximum absolute atomic E-state index is 8.36. The Kier molecular flexibility index (Phi) is 12.0. The molecule has 0 saturated heterocycles. The third kappa shape index (κ3) is 9.89. The van der Waals surface area contributed by atoms with Crippen molar-refractivity contribution in [3.63, 3.8) is 0 Å². The molecule has 12 nitrogen and oxygen atoms in total. The molecule has 0 aromatic heterocycles. The molecule has 2 rings (SSSR count). The SMILES string of the molecule is CC(C)C(CCN(C)C)(CN=C(N)N)c1cccc2ccccc12.O=[N+]([O-])O.O=[N+]([O-])O. The molecule has 0 aliphatic heterocycles. The lowest BCUT2D eigenvalue weighted by Crippen LogP contribution is -2.40. The number of hydrogen-bond acceptors (Lipinski definition) is 6. The summed E-state index contributed by atoms with van der Waals surface area (Å²) >= 11 is 0. The minimum atomic E-state index is -1.50. The van der Waals surface area contributed by atoms with E-state index in [0.717, 1.165) is 13.0 Å². The number of guanidine groups is 1. The number of nitrogens with zero attached hydrogens (tertiary/aromatic N) is 4. The lowest BCUT2D eigenvalue weighted by molar-refractivity contribution is -0.742. The van der Waals surface area contributed by atoms with E-state index >= 15 is 0 Å². The van der Waals surface area contributed by atoms with Crippen LogP contribution in [0.1, 0.15) is 25.8 Å². The topological polar surface area (TPSA) is 194 Å².